The second-order valence-electron chi connectivity index (χ2n) is 7.87. The number of fused-ring (bicyclic) bond motifs is 2. The van der Waals surface area contributed by atoms with Crippen LogP contribution in [0.1, 0.15) is 38.8 Å². The molecule has 0 aromatic heterocycles. The fourth-order valence-corrected chi connectivity index (χ4v) is 4.56. The zero-order chi connectivity index (χ0) is 25.8. The molecule has 1 atom stereocenters. The number of nitrogens with one attached hydrogen (secondary N) is 2. The largest absolute Gasteiger partial charge is 0.478 e. The summed E-state index contributed by atoms with van der Waals surface area (Å²) in [5.74, 6) is -2.71. The van der Waals surface area contributed by atoms with Crippen LogP contribution in [-0.4, -0.2) is 39.7 Å². The Kier molecular flexibility index (Phi) is 7.12. The summed E-state index contributed by atoms with van der Waals surface area (Å²) < 4.78 is 0. The predicted molar refractivity (Wildman–Crippen MR) is 136 cm³/mol. The van der Waals surface area contributed by atoms with Gasteiger partial charge in [0.25, 0.3) is 0 Å². The Bertz CT molecular complexity index is 1430. The fraction of sp³-hybridized carbons (Fsp3) is 0.0741. The van der Waals surface area contributed by atoms with Gasteiger partial charge in [-0.2, -0.15) is 0 Å². The van der Waals surface area contributed by atoms with E-state index in [9.17, 15) is 24.0 Å². The van der Waals surface area contributed by atoms with Crippen molar-refractivity contribution in [3.8, 4) is 0 Å². The molecule has 1 aliphatic rings. The summed E-state index contributed by atoms with van der Waals surface area (Å²) in [5, 5.41) is 13.4. The van der Waals surface area contributed by atoms with E-state index in [4.69, 9.17) is 5.11 Å². The molecule has 0 radical (unpaired) electrons. The summed E-state index contributed by atoms with van der Waals surface area (Å²) in [6.45, 7) is 1.71. The first kappa shape index (κ1) is 24.6. The number of carbonyl (C=O) groups is 5. The number of anilines is 2. The Morgan fingerprint density at radius 3 is 2.11 bits per heavy atom. The molecule has 1 aliphatic carbocycles. The summed E-state index contributed by atoms with van der Waals surface area (Å²) in [6.07, 6.45) is 1.66. The summed E-state index contributed by atoms with van der Waals surface area (Å²) in [5.41, 5.74) is 1.85. The van der Waals surface area contributed by atoms with Crippen LogP contribution in [0.25, 0.3) is 0 Å². The highest BCUT2D eigenvalue weighted by Crippen LogP contribution is 2.33. The standard InChI is InChI=1S/C27H20N2O6S/c1-15(36-17-11-9-16(10-12-17)28-22(30)13-14-23(31)32)27(35)29-21-8-4-7-20-24(21)26(34)19-6-3-2-5-18(19)25(20)33/h2-15H,1H3,(H,28,30)(H,29,35)(H,31,32)/b14-13+. The summed E-state index contributed by atoms with van der Waals surface area (Å²) >= 11 is 1.27. The van der Waals surface area contributed by atoms with Crippen molar-refractivity contribution in [3.05, 3.63) is 101 Å². The summed E-state index contributed by atoms with van der Waals surface area (Å²) in [7, 11) is 0. The van der Waals surface area contributed by atoms with E-state index in [1.165, 1.54) is 11.8 Å². The van der Waals surface area contributed by atoms with Gasteiger partial charge in [-0.25, -0.2) is 4.79 Å². The molecule has 0 saturated heterocycles. The van der Waals surface area contributed by atoms with Crippen molar-refractivity contribution < 1.29 is 29.1 Å². The van der Waals surface area contributed by atoms with Crippen molar-refractivity contribution in [3.63, 3.8) is 0 Å². The van der Waals surface area contributed by atoms with E-state index in [2.05, 4.69) is 10.6 Å². The molecule has 180 valence electrons. The summed E-state index contributed by atoms with van der Waals surface area (Å²) in [4.78, 5) is 61.9. The van der Waals surface area contributed by atoms with Crippen LogP contribution in [0.5, 0.6) is 0 Å². The average Bonchev–Trinajstić information content (AvgIpc) is 2.87. The third kappa shape index (κ3) is 5.26. The molecule has 3 N–H and O–H groups in total. The smallest absolute Gasteiger partial charge is 0.328 e. The Balaban J connectivity index is 1.44. The molecule has 36 heavy (non-hydrogen) atoms. The molecule has 2 amide bonds. The van der Waals surface area contributed by atoms with Crippen molar-refractivity contribution in [2.24, 2.45) is 0 Å². The van der Waals surface area contributed by atoms with Crippen LogP contribution in [0.4, 0.5) is 11.4 Å². The van der Waals surface area contributed by atoms with Gasteiger partial charge in [-0.15, -0.1) is 11.8 Å². The van der Waals surface area contributed by atoms with Gasteiger partial charge in [0, 0.05) is 39.4 Å². The van der Waals surface area contributed by atoms with Gasteiger partial charge in [0.1, 0.15) is 0 Å². The van der Waals surface area contributed by atoms with E-state index < -0.39 is 17.1 Å². The first-order chi connectivity index (χ1) is 17.2. The Morgan fingerprint density at radius 2 is 1.44 bits per heavy atom. The minimum Gasteiger partial charge on any atom is -0.478 e. The number of hydrogen-bond donors (Lipinski definition) is 3. The second-order valence-corrected chi connectivity index (χ2v) is 9.28. The number of ketones is 2. The molecule has 0 fully saturated rings. The highest BCUT2D eigenvalue weighted by Gasteiger charge is 2.32. The molecule has 0 bridgehead atoms. The van der Waals surface area contributed by atoms with Crippen molar-refractivity contribution in [1.29, 1.82) is 0 Å². The number of amides is 2. The minimum atomic E-state index is -1.22. The highest BCUT2D eigenvalue weighted by molar-refractivity contribution is 8.00. The van der Waals surface area contributed by atoms with E-state index in [-0.39, 0.29) is 34.3 Å². The summed E-state index contributed by atoms with van der Waals surface area (Å²) in [6, 6.07) is 18.1. The van der Waals surface area contributed by atoms with Crippen LogP contribution in [0.2, 0.25) is 0 Å². The van der Waals surface area contributed by atoms with Crippen molar-refractivity contribution in [2.75, 3.05) is 10.6 Å². The van der Waals surface area contributed by atoms with Gasteiger partial charge in [-0.05, 0) is 37.3 Å². The van der Waals surface area contributed by atoms with Crippen molar-refractivity contribution in [2.45, 2.75) is 17.1 Å². The van der Waals surface area contributed by atoms with E-state index in [1.807, 2.05) is 0 Å². The van der Waals surface area contributed by atoms with Gasteiger partial charge in [0.2, 0.25) is 11.8 Å². The maximum Gasteiger partial charge on any atom is 0.328 e. The zero-order valence-electron chi connectivity index (χ0n) is 19.0. The second kappa shape index (κ2) is 10.4. The van der Waals surface area contributed by atoms with Crippen LogP contribution in [0.15, 0.2) is 83.8 Å². The lowest BCUT2D eigenvalue weighted by Crippen LogP contribution is -2.27. The zero-order valence-corrected chi connectivity index (χ0v) is 19.8. The Labute approximate surface area is 210 Å². The van der Waals surface area contributed by atoms with Crippen LogP contribution in [0, 0.1) is 0 Å². The Hall–Kier alpha value is -4.50. The van der Waals surface area contributed by atoms with Gasteiger partial charge in [0.15, 0.2) is 11.6 Å². The number of hydrogen-bond acceptors (Lipinski definition) is 6. The van der Waals surface area contributed by atoms with Gasteiger partial charge in [0.05, 0.1) is 16.5 Å². The van der Waals surface area contributed by atoms with Crippen LogP contribution >= 0.6 is 11.8 Å². The number of carboxylic acid groups (broad SMARTS) is 1. The van der Waals surface area contributed by atoms with Crippen LogP contribution < -0.4 is 10.6 Å². The number of carboxylic acids is 1. The number of thioether (sulfide) groups is 1. The average molecular weight is 501 g/mol. The first-order valence-electron chi connectivity index (χ1n) is 10.9. The van der Waals surface area contributed by atoms with Gasteiger partial charge in [-0.1, -0.05) is 36.4 Å². The first-order valence-corrected chi connectivity index (χ1v) is 11.7. The lowest BCUT2D eigenvalue weighted by molar-refractivity contribution is -0.131. The third-order valence-electron chi connectivity index (χ3n) is 5.39. The molecule has 0 spiro atoms. The van der Waals surface area contributed by atoms with Gasteiger partial charge in [-0.3, -0.25) is 19.2 Å². The molecule has 0 heterocycles. The maximum absolute atomic E-state index is 13.1. The topological polar surface area (TPSA) is 130 Å². The van der Waals surface area contributed by atoms with E-state index in [0.717, 1.165) is 17.0 Å². The number of benzene rings is 3. The van der Waals surface area contributed by atoms with E-state index in [1.54, 1.807) is 73.7 Å². The van der Waals surface area contributed by atoms with Crippen LogP contribution in [-0.2, 0) is 14.4 Å². The lowest BCUT2D eigenvalue weighted by atomic mass is 9.83. The highest BCUT2D eigenvalue weighted by atomic mass is 32.2. The number of carbonyl (C=O) groups excluding carboxylic acids is 4. The van der Waals surface area contributed by atoms with Gasteiger partial charge >= 0.3 is 5.97 Å². The normalized spacial score (nSPS) is 13.0. The number of aliphatic carboxylic acids is 1. The maximum atomic E-state index is 13.1. The number of rotatable bonds is 7. The molecule has 9 heteroatoms. The minimum absolute atomic E-state index is 0.184. The molecule has 8 nitrogen and oxygen atoms in total. The fourth-order valence-electron chi connectivity index (χ4n) is 3.69. The monoisotopic (exact) mass is 500 g/mol. The molecular formula is C27H20N2O6S. The molecule has 4 rings (SSSR count). The molecule has 1 unspecified atom stereocenters. The molecule has 3 aromatic carbocycles. The predicted octanol–water partition coefficient (Wildman–Crippen LogP) is 4.16. The van der Waals surface area contributed by atoms with Crippen molar-refractivity contribution in [1.82, 2.24) is 0 Å². The van der Waals surface area contributed by atoms with Gasteiger partial charge < -0.3 is 15.7 Å². The molecular weight excluding hydrogens is 480 g/mol. The van der Waals surface area contributed by atoms with E-state index in [0.29, 0.717) is 16.8 Å². The molecule has 0 aliphatic heterocycles. The lowest BCUT2D eigenvalue weighted by Gasteiger charge is -2.21. The quantitative estimate of drug-likeness (QED) is 0.257. The molecule has 0 saturated carbocycles. The van der Waals surface area contributed by atoms with E-state index >= 15 is 0 Å². The third-order valence-corrected chi connectivity index (χ3v) is 6.50. The SMILES string of the molecule is CC(Sc1ccc(NC(=O)/C=C/C(=O)O)cc1)C(=O)Nc1cccc2c1C(=O)c1ccccc1C2=O. The molecule has 3 aromatic rings. The Morgan fingerprint density at radius 1 is 0.806 bits per heavy atom. The van der Waals surface area contributed by atoms with Crippen molar-refractivity contribution >= 4 is 52.5 Å². The van der Waals surface area contributed by atoms with Crippen LogP contribution in [0.3, 0.4) is 0 Å².